The fourth-order valence-electron chi connectivity index (χ4n) is 3.80. The van der Waals surface area contributed by atoms with Crippen molar-refractivity contribution in [1.82, 2.24) is 10.2 Å². The number of carbonyl (C=O) groups is 2. The van der Waals surface area contributed by atoms with Crippen molar-refractivity contribution in [2.75, 3.05) is 31.5 Å². The van der Waals surface area contributed by atoms with Gasteiger partial charge in [-0.25, -0.2) is 4.79 Å². The topological polar surface area (TPSA) is 87.5 Å². The van der Waals surface area contributed by atoms with E-state index in [1.807, 2.05) is 6.07 Å². The van der Waals surface area contributed by atoms with Gasteiger partial charge >= 0.3 is 6.03 Å². The third-order valence-electron chi connectivity index (χ3n) is 5.18. The number of urea groups is 1. The number of likely N-dealkylation sites (tertiary alicyclic amines) is 1. The maximum absolute atomic E-state index is 12.1. The van der Waals surface area contributed by atoms with Crippen LogP contribution in [-0.2, 0) is 11.2 Å². The van der Waals surface area contributed by atoms with E-state index in [0.717, 1.165) is 31.6 Å². The number of benzene rings is 2. The molecule has 0 radical (unpaired) electrons. The normalized spacial score (nSPS) is 16.7. The molecule has 4 N–H and O–H groups in total. The highest BCUT2D eigenvalue weighted by molar-refractivity contribution is 5.89. The van der Waals surface area contributed by atoms with Gasteiger partial charge in [0.05, 0.1) is 6.42 Å². The van der Waals surface area contributed by atoms with Gasteiger partial charge in [-0.3, -0.25) is 4.79 Å². The minimum absolute atomic E-state index is 0.161. The second-order valence-electron chi connectivity index (χ2n) is 7.37. The summed E-state index contributed by atoms with van der Waals surface area (Å²) in [4.78, 5) is 25.5. The van der Waals surface area contributed by atoms with Crippen molar-refractivity contribution in [3.63, 3.8) is 0 Å². The average molecular weight is 380 g/mol. The van der Waals surface area contributed by atoms with Crippen LogP contribution in [0.4, 0.5) is 10.5 Å². The summed E-state index contributed by atoms with van der Waals surface area (Å²) in [5.74, 6) is 0.180. The third-order valence-corrected chi connectivity index (χ3v) is 5.18. The molecule has 148 valence electrons. The SMILES string of the molecule is Cc1ccccc1[C@H]1CCN(CCNC(=O)Nc2cccc(CC(N)=O)c2)C1. The quantitative estimate of drug-likeness (QED) is 0.690. The molecular weight excluding hydrogens is 352 g/mol. The van der Waals surface area contributed by atoms with Gasteiger partial charge in [0.1, 0.15) is 0 Å². The Labute approximate surface area is 166 Å². The summed E-state index contributed by atoms with van der Waals surface area (Å²) in [6, 6.07) is 15.5. The molecule has 6 heteroatoms. The number of anilines is 1. The molecule has 3 rings (SSSR count). The van der Waals surface area contributed by atoms with E-state index >= 15 is 0 Å². The molecule has 2 aromatic carbocycles. The Bertz CT molecular complexity index is 837. The van der Waals surface area contributed by atoms with E-state index in [0.29, 0.717) is 18.2 Å². The Hall–Kier alpha value is -2.86. The number of hydrogen-bond acceptors (Lipinski definition) is 3. The maximum atomic E-state index is 12.1. The summed E-state index contributed by atoms with van der Waals surface area (Å²) in [5.41, 5.74) is 9.43. The van der Waals surface area contributed by atoms with E-state index in [-0.39, 0.29) is 12.5 Å². The van der Waals surface area contributed by atoms with Gasteiger partial charge in [0, 0.05) is 25.3 Å². The van der Waals surface area contributed by atoms with Crippen molar-refractivity contribution in [3.05, 3.63) is 65.2 Å². The number of carbonyl (C=O) groups excluding carboxylic acids is 2. The Kier molecular flexibility index (Phi) is 6.66. The van der Waals surface area contributed by atoms with Gasteiger partial charge in [0.25, 0.3) is 0 Å². The Morgan fingerprint density at radius 3 is 2.79 bits per heavy atom. The van der Waals surface area contributed by atoms with Gasteiger partial charge in [0.15, 0.2) is 0 Å². The van der Waals surface area contributed by atoms with Gasteiger partial charge in [-0.15, -0.1) is 0 Å². The smallest absolute Gasteiger partial charge is 0.319 e. The third kappa shape index (κ3) is 5.57. The number of primary amides is 1. The zero-order chi connectivity index (χ0) is 19.9. The summed E-state index contributed by atoms with van der Waals surface area (Å²) in [6.07, 6.45) is 1.32. The van der Waals surface area contributed by atoms with Crippen LogP contribution in [-0.4, -0.2) is 43.0 Å². The summed E-state index contributed by atoms with van der Waals surface area (Å²) < 4.78 is 0. The van der Waals surface area contributed by atoms with Crippen molar-refractivity contribution in [2.24, 2.45) is 5.73 Å². The highest BCUT2D eigenvalue weighted by Crippen LogP contribution is 2.28. The number of amides is 3. The van der Waals surface area contributed by atoms with Crippen LogP contribution >= 0.6 is 0 Å². The molecule has 1 atom stereocenters. The second kappa shape index (κ2) is 9.37. The summed E-state index contributed by atoms with van der Waals surface area (Å²) in [5, 5.41) is 5.70. The van der Waals surface area contributed by atoms with Crippen LogP contribution < -0.4 is 16.4 Å². The Morgan fingerprint density at radius 2 is 2.00 bits per heavy atom. The van der Waals surface area contributed by atoms with Crippen molar-refractivity contribution in [2.45, 2.75) is 25.7 Å². The summed E-state index contributed by atoms with van der Waals surface area (Å²) >= 11 is 0. The number of nitrogens with zero attached hydrogens (tertiary/aromatic N) is 1. The van der Waals surface area contributed by atoms with Crippen LogP contribution in [0.1, 0.15) is 29.0 Å². The molecule has 2 aromatic rings. The van der Waals surface area contributed by atoms with Crippen LogP contribution in [0.5, 0.6) is 0 Å². The number of hydrogen-bond donors (Lipinski definition) is 3. The lowest BCUT2D eigenvalue weighted by molar-refractivity contribution is -0.117. The lowest BCUT2D eigenvalue weighted by Gasteiger charge is -2.17. The van der Waals surface area contributed by atoms with Crippen molar-refractivity contribution in [1.29, 1.82) is 0 Å². The van der Waals surface area contributed by atoms with Crippen molar-refractivity contribution >= 4 is 17.6 Å². The molecular formula is C22H28N4O2. The van der Waals surface area contributed by atoms with Gasteiger partial charge in [-0.2, -0.15) is 0 Å². The lowest BCUT2D eigenvalue weighted by atomic mass is 9.94. The molecule has 1 fully saturated rings. The molecule has 0 spiro atoms. The van der Waals surface area contributed by atoms with E-state index in [4.69, 9.17) is 5.73 Å². The molecule has 0 saturated carbocycles. The minimum atomic E-state index is -0.392. The van der Waals surface area contributed by atoms with E-state index < -0.39 is 5.91 Å². The number of nitrogens with two attached hydrogens (primary N) is 1. The molecule has 0 aliphatic carbocycles. The molecule has 0 aromatic heterocycles. The van der Waals surface area contributed by atoms with Gasteiger partial charge in [0.2, 0.25) is 5.91 Å². The standard InChI is InChI=1S/C22H28N4O2/c1-16-5-2-3-8-20(16)18-9-11-26(15-18)12-10-24-22(28)25-19-7-4-6-17(13-19)14-21(23)27/h2-8,13,18H,9-12,14-15H2,1H3,(H2,23,27)(H2,24,25,28)/t18-/m0/s1. The first-order chi connectivity index (χ1) is 13.5. The van der Waals surface area contributed by atoms with E-state index in [9.17, 15) is 9.59 Å². The van der Waals surface area contributed by atoms with Gasteiger partial charge < -0.3 is 21.3 Å². The predicted molar refractivity (Wildman–Crippen MR) is 111 cm³/mol. The van der Waals surface area contributed by atoms with Crippen LogP contribution in [0, 0.1) is 6.92 Å². The zero-order valence-corrected chi connectivity index (χ0v) is 16.3. The van der Waals surface area contributed by atoms with E-state index in [2.05, 4.69) is 46.7 Å². The average Bonchev–Trinajstić information content (AvgIpc) is 3.10. The molecule has 0 bridgehead atoms. The molecule has 28 heavy (non-hydrogen) atoms. The minimum Gasteiger partial charge on any atom is -0.369 e. The highest BCUT2D eigenvalue weighted by Gasteiger charge is 2.24. The Balaban J connectivity index is 1.41. The Morgan fingerprint density at radius 1 is 1.18 bits per heavy atom. The summed E-state index contributed by atoms with van der Waals surface area (Å²) in [7, 11) is 0. The number of aryl methyl sites for hydroxylation is 1. The van der Waals surface area contributed by atoms with Crippen LogP contribution in [0.3, 0.4) is 0 Å². The first-order valence-corrected chi connectivity index (χ1v) is 9.71. The molecule has 1 aliphatic heterocycles. The first-order valence-electron chi connectivity index (χ1n) is 9.71. The van der Waals surface area contributed by atoms with E-state index in [1.165, 1.54) is 11.1 Å². The fourth-order valence-corrected chi connectivity index (χ4v) is 3.80. The lowest BCUT2D eigenvalue weighted by Crippen LogP contribution is -2.36. The maximum Gasteiger partial charge on any atom is 0.319 e. The first kappa shape index (κ1) is 19.9. The number of rotatable bonds is 7. The molecule has 1 heterocycles. The monoisotopic (exact) mass is 380 g/mol. The number of nitrogens with one attached hydrogen (secondary N) is 2. The molecule has 1 saturated heterocycles. The van der Waals surface area contributed by atoms with Crippen LogP contribution in [0.25, 0.3) is 0 Å². The largest absolute Gasteiger partial charge is 0.369 e. The van der Waals surface area contributed by atoms with Crippen LogP contribution in [0.15, 0.2) is 48.5 Å². The predicted octanol–water partition coefficient (Wildman–Crippen LogP) is 2.63. The highest BCUT2D eigenvalue weighted by atomic mass is 16.2. The van der Waals surface area contributed by atoms with E-state index in [1.54, 1.807) is 18.2 Å². The molecule has 0 unspecified atom stereocenters. The van der Waals surface area contributed by atoms with Crippen molar-refractivity contribution < 1.29 is 9.59 Å². The van der Waals surface area contributed by atoms with Gasteiger partial charge in [-0.05, 0) is 54.6 Å². The molecule has 6 nitrogen and oxygen atoms in total. The fraction of sp³-hybridized carbons (Fsp3) is 0.364. The van der Waals surface area contributed by atoms with Crippen LogP contribution in [0.2, 0.25) is 0 Å². The van der Waals surface area contributed by atoms with Gasteiger partial charge in [-0.1, -0.05) is 36.4 Å². The van der Waals surface area contributed by atoms with Crippen molar-refractivity contribution in [3.8, 4) is 0 Å². The summed E-state index contributed by atoms with van der Waals surface area (Å²) in [6.45, 7) is 5.67. The second-order valence-corrected chi connectivity index (χ2v) is 7.37. The molecule has 1 aliphatic rings. The molecule has 3 amide bonds. The zero-order valence-electron chi connectivity index (χ0n) is 16.3.